The fraction of sp³-hybridized carbons (Fsp3) is 0.292. The van der Waals surface area contributed by atoms with Gasteiger partial charge in [0.2, 0.25) is 0 Å². The molecule has 2 aromatic rings. The first-order chi connectivity index (χ1) is 14.5. The van der Waals surface area contributed by atoms with Crippen LogP contribution in [-0.4, -0.2) is 23.0 Å². The van der Waals surface area contributed by atoms with E-state index >= 15 is 0 Å². The summed E-state index contributed by atoms with van der Waals surface area (Å²) in [5.74, 6) is 0.304. The molecule has 5 nitrogen and oxygen atoms in total. The second kappa shape index (κ2) is 7.51. The zero-order valence-electron chi connectivity index (χ0n) is 16.5. The van der Waals surface area contributed by atoms with Crippen molar-refractivity contribution in [1.82, 2.24) is 5.01 Å². The molecule has 0 aromatic heterocycles. The van der Waals surface area contributed by atoms with Crippen LogP contribution in [0.5, 0.6) is 5.75 Å². The predicted molar refractivity (Wildman–Crippen MR) is 117 cm³/mol. The monoisotopic (exact) mass is 464 g/mol. The van der Waals surface area contributed by atoms with E-state index in [9.17, 15) is 9.59 Å². The summed E-state index contributed by atoms with van der Waals surface area (Å²) in [6.07, 6.45) is 6.64. The number of benzene rings is 2. The number of nitrogens with zero attached hydrogens (tertiary/aromatic N) is 2. The first-order valence-corrected chi connectivity index (χ1v) is 10.9. The van der Waals surface area contributed by atoms with Crippen molar-refractivity contribution in [3.05, 3.63) is 75.8 Å². The Morgan fingerprint density at radius 1 is 1.10 bits per heavy atom. The molecular formula is C24H21BrN2O3. The van der Waals surface area contributed by atoms with E-state index in [0.29, 0.717) is 6.61 Å². The van der Waals surface area contributed by atoms with Gasteiger partial charge < -0.3 is 4.74 Å². The largest absolute Gasteiger partial charge is 0.488 e. The highest BCUT2D eigenvalue weighted by Gasteiger charge is 2.59. The van der Waals surface area contributed by atoms with E-state index in [1.54, 1.807) is 6.21 Å². The van der Waals surface area contributed by atoms with Gasteiger partial charge in [0.15, 0.2) is 0 Å². The van der Waals surface area contributed by atoms with Crippen molar-refractivity contribution in [2.45, 2.75) is 20.0 Å². The molecule has 1 saturated heterocycles. The van der Waals surface area contributed by atoms with Crippen molar-refractivity contribution in [2.24, 2.45) is 28.8 Å². The zero-order valence-corrected chi connectivity index (χ0v) is 18.1. The van der Waals surface area contributed by atoms with Crippen LogP contribution in [0.3, 0.4) is 0 Å². The summed E-state index contributed by atoms with van der Waals surface area (Å²) in [6, 6.07) is 13.8. The van der Waals surface area contributed by atoms with E-state index in [1.165, 1.54) is 5.56 Å². The number of allylic oxidation sites excluding steroid dienone is 2. The van der Waals surface area contributed by atoms with Crippen LogP contribution in [0.1, 0.15) is 23.1 Å². The van der Waals surface area contributed by atoms with Gasteiger partial charge in [0.05, 0.1) is 22.5 Å². The molecule has 1 aliphatic heterocycles. The van der Waals surface area contributed by atoms with Crippen LogP contribution in [0, 0.1) is 30.6 Å². The number of carbonyl (C=O) groups excluding carboxylic acids is 2. The first kappa shape index (κ1) is 19.2. The molecule has 0 N–H and O–H groups in total. The number of hydrazone groups is 1. The van der Waals surface area contributed by atoms with Crippen molar-refractivity contribution < 1.29 is 14.3 Å². The smallest absolute Gasteiger partial charge is 0.254 e. The van der Waals surface area contributed by atoms with Crippen LogP contribution >= 0.6 is 15.9 Å². The molecule has 6 heteroatoms. The minimum absolute atomic E-state index is 0.171. The molecule has 0 radical (unpaired) electrons. The molecule has 2 amide bonds. The van der Waals surface area contributed by atoms with Gasteiger partial charge in [0.1, 0.15) is 12.4 Å². The molecule has 30 heavy (non-hydrogen) atoms. The highest BCUT2D eigenvalue weighted by atomic mass is 79.9. The van der Waals surface area contributed by atoms with Crippen LogP contribution < -0.4 is 4.74 Å². The standard InChI is InChI=1S/C24H21BrN2O3/c1-14-3-2-4-16(9-14)13-30-20-8-5-15(10-19(20)25)12-26-27-23(28)21-17-6-7-18(11-17)22(21)24(27)29/h2-10,12,17-18,21-22H,11,13H2,1H3/t17-,18-,21-,22+/m0/s1. The number of hydrogen-bond donors (Lipinski definition) is 0. The highest BCUT2D eigenvalue weighted by Crippen LogP contribution is 2.52. The number of hydrogen-bond acceptors (Lipinski definition) is 4. The lowest BCUT2D eigenvalue weighted by Crippen LogP contribution is -2.28. The minimum atomic E-state index is -0.228. The summed E-state index contributed by atoms with van der Waals surface area (Å²) in [5.41, 5.74) is 3.08. The van der Waals surface area contributed by atoms with Gasteiger partial charge in [-0.05, 0) is 70.4 Å². The SMILES string of the molecule is Cc1cccc(COc2ccc(C=NN3C(=O)[C@@H]4[C@H](C3=O)[C@H]3C=C[C@H]4C3)cc2Br)c1. The molecule has 2 fully saturated rings. The molecule has 0 unspecified atom stereocenters. The van der Waals surface area contributed by atoms with E-state index in [2.05, 4.69) is 52.2 Å². The lowest BCUT2D eigenvalue weighted by Gasteiger charge is -2.13. The maximum Gasteiger partial charge on any atom is 0.254 e. The number of imide groups is 1. The Kier molecular flexibility index (Phi) is 4.82. The van der Waals surface area contributed by atoms with Gasteiger partial charge in [-0.15, -0.1) is 0 Å². The molecular weight excluding hydrogens is 444 g/mol. The number of aryl methyl sites for hydroxylation is 1. The molecule has 0 spiro atoms. The first-order valence-electron chi connectivity index (χ1n) is 10.1. The van der Waals surface area contributed by atoms with E-state index in [1.807, 2.05) is 30.3 Å². The summed E-state index contributed by atoms with van der Waals surface area (Å²) in [7, 11) is 0. The van der Waals surface area contributed by atoms with E-state index in [4.69, 9.17) is 4.74 Å². The molecule has 1 saturated carbocycles. The Hall–Kier alpha value is -2.73. The van der Waals surface area contributed by atoms with Gasteiger partial charge in [-0.3, -0.25) is 9.59 Å². The molecule has 2 bridgehead atoms. The van der Waals surface area contributed by atoms with Crippen molar-refractivity contribution >= 4 is 34.0 Å². The molecule has 2 aromatic carbocycles. The third-order valence-corrected chi connectivity index (χ3v) is 6.82. The summed E-state index contributed by atoms with van der Waals surface area (Å²) in [4.78, 5) is 25.4. The number of amides is 2. The second-order valence-corrected chi connectivity index (χ2v) is 9.05. The molecule has 2 aliphatic carbocycles. The van der Waals surface area contributed by atoms with Crippen LogP contribution in [0.15, 0.2) is 64.2 Å². The maximum atomic E-state index is 12.7. The van der Waals surface area contributed by atoms with Gasteiger partial charge in [0.25, 0.3) is 11.8 Å². The molecule has 3 aliphatic rings. The molecule has 5 rings (SSSR count). The van der Waals surface area contributed by atoms with Crippen LogP contribution in [0.2, 0.25) is 0 Å². The Balaban J connectivity index is 1.27. The molecule has 1 heterocycles. The molecule has 4 atom stereocenters. The number of fused-ring (bicyclic) bond motifs is 5. The summed E-state index contributed by atoms with van der Waals surface area (Å²) in [5, 5.41) is 5.30. The quantitative estimate of drug-likeness (QED) is 0.372. The van der Waals surface area contributed by atoms with Gasteiger partial charge in [-0.1, -0.05) is 42.0 Å². The normalized spacial score (nSPS) is 26.8. The second-order valence-electron chi connectivity index (χ2n) is 8.20. The Bertz CT molecular complexity index is 1060. The minimum Gasteiger partial charge on any atom is -0.488 e. The van der Waals surface area contributed by atoms with Crippen molar-refractivity contribution in [3.63, 3.8) is 0 Å². The van der Waals surface area contributed by atoms with E-state index in [-0.39, 0.29) is 35.5 Å². The van der Waals surface area contributed by atoms with Crippen molar-refractivity contribution in [1.29, 1.82) is 0 Å². The van der Waals surface area contributed by atoms with Gasteiger partial charge in [0, 0.05) is 0 Å². The Morgan fingerprint density at radius 3 is 2.50 bits per heavy atom. The van der Waals surface area contributed by atoms with Crippen molar-refractivity contribution in [2.75, 3.05) is 0 Å². The topological polar surface area (TPSA) is 59.0 Å². The van der Waals surface area contributed by atoms with Crippen LogP contribution in [0.4, 0.5) is 0 Å². The van der Waals surface area contributed by atoms with Crippen LogP contribution in [0.25, 0.3) is 0 Å². The van der Waals surface area contributed by atoms with Gasteiger partial charge in [-0.25, -0.2) is 0 Å². The fourth-order valence-electron chi connectivity index (χ4n) is 4.80. The number of carbonyl (C=O) groups is 2. The van der Waals surface area contributed by atoms with E-state index in [0.717, 1.165) is 32.8 Å². The fourth-order valence-corrected chi connectivity index (χ4v) is 5.31. The lowest BCUT2D eigenvalue weighted by molar-refractivity contribution is -0.140. The summed E-state index contributed by atoms with van der Waals surface area (Å²) < 4.78 is 6.70. The van der Waals surface area contributed by atoms with Gasteiger partial charge >= 0.3 is 0 Å². The highest BCUT2D eigenvalue weighted by molar-refractivity contribution is 9.10. The number of halogens is 1. The lowest BCUT2D eigenvalue weighted by atomic mass is 9.85. The molecule has 152 valence electrons. The average Bonchev–Trinajstić information content (AvgIpc) is 3.40. The van der Waals surface area contributed by atoms with E-state index < -0.39 is 0 Å². The van der Waals surface area contributed by atoms with Crippen molar-refractivity contribution in [3.8, 4) is 5.75 Å². The summed E-state index contributed by atoms with van der Waals surface area (Å²) in [6.45, 7) is 2.53. The third-order valence-electron chi connectivity index (χ3n) is 6.20. The van der Waals surface area contributed by atoms with Gasteiger partial charge in [-0.2, -0.15) is 10.1 Å². The average molecular weight is 465 g/mol. The number of rotatable bonds is 5. The number of ether oxygens (including phenoxy) is 1. The maximum absolute atomic E-state index is 12.7. The summed E-state index contributed by atoms with van der Waals surface area (Å²) >= 11 is 3.53. The Morgan fingerprint density at radius 2 is 1.83 bits per heavy atom. The van der Waals surface area contributed by atoms with Crippen LogP contribution in [-0.2, 0) is 16.2 Å². The predicted octanol–water partition coefficient (Wildman–Crippen LogP) is 4.48. The Labute approximate surface area is 183 Å². The zero-order chi connectivity index (χ0) is 20.8. The third kappa shape index (κ3) is 3.29.